The van der Waals surface area contributed by atoms with Gasteiger partial charge in [0.15, 0.2) is 0 Å². The summed E-state index contributed by atoms with van der Waals surface area (Å²) in [6.45, 7) is 1.90. The zero-order chi connectivity index (χ0) is 15.7. The quantitative estimate of drug-likeness (QED) is 0.879. The van der Waals surface area contributed by atoms with E-state index in [4.69, 9.17) is 5.73 Å². The lowest BCUT2D eigenvalue weighted by atomic mass is 9.66. The molecule has 6 nitrogen and oxygen atoms in total. The Labute approximate surface area is 131 Å². The molecule has 1 saturated heterocycles. The van der Waals surface area contributed by atoms with Crippen LogP contribution in [0.1, 0.15) is 25.0 Å². The third-order valence-electron chi connectivity index (χ3n) is 5.08. The van der Waals surface area contributed by atoms with E-state index in [9.17, 15) is 4.79 Å². The number of urea groups is 1. The maximum atomic E-state index is 12.3. The summed E-state index contributed by atoms with van der Waals surface area (Å²) >= 11 is 0. The second-order valence-electron chi connectivity index (χ2n) is 6.76. The minimum Gasteiger partial charge on any atom is -0.378 e. The number of pyridine rings is 1. The number of carbonyl (C=O) groups excluding carboxylic acids is 1. The minimum atomic E-state index is -0.0312. The molecule has 2 aliphatic rings. The minimum absolute atomic E-state index is 0.0312. The van der Waals surface area contributed by atoms with Crippen LogP contribution < -0.4 is 16.0 Å². The number of rotatable bonds is 3. The lowest BCUT2D eigenvalue weighted by Gasteiger charge is -2.41. The highest BCUT2D eigenvalue weighted by Gasteiger charge is 2.49. The zero-order valence-corrected chi connectivity index (χ0v) is 13.4. The number of amides is 2. The Morgan fingerprint density at radius 3 is 2.91 bits per heavy atom. The van der Waals surface area contributed by atoms with Crippen molar-refractivity contribution >= 4 is 11.7 Å². The number of nitrogens with zero attached hydrogens (tertiary/aromatic N) is 3. The van der Waals surface area contributed by atoms with Gasteiger partial charge in [-0.15, -0.1) is 0 Å². The third-order valence-corrected chi connectivity index (χ3v) is 5.08. The molecule has 1 saturated carbocycles. The van der Waals surface area contributed by atoms with Crippen LogP contribution >= 0.6 is 0 Å². The number of anilines is 1. The molecule has 120 valence electrons. The number of nitrogens with one attached hydrogen (secondary N) is 1. The zero-order valence-electron chi connectivity index (χ0n) is 13.4. The van der Waals surface area contributed by atoms with E-state index in [0.29, 0.717) is 13.1 Å². The smallest absolute Gasteiger partial charge is 0.317 e. The van der Waals surface area contributed by atoms with E-state index in [1.165, 1.54) is 6.42 Å². The van der Waals surface area contributed by atoms with Gasteiger partial charge in [0.05, 0.1) is 12.2 Å². The first-order valence-corrected chi connectivity index (χ1v) is 7.91. The van der Waals surface area contributed by atoms with Crippen LogP contribution in [0.25, 0.3) is 0 Å². The summed E-state index contributed by atoms with van der Waals surface area (Å²) in [7, 11) is 3.97. The van der Waals surface area contributed by atoms with Crippen LogP contribution in [0.2, 0.25) is 0 Å². The second kappa shape index (κ2) is 5.76. The maximum Gasteiger partial charge on any atom is 0.317 e. The molecule has 2 fully saturated rings. The lowest BCUT2D eigenvalue weighted by molar-refractivity contribution is 0.125. The number of aromatic nitrogens is 1. The average Bonchev–Trinajstić information content (AvgIpc) is 2.83. The number of nitrogens with two attached hydrogens (primary N) is 1. The van der Waals surface area contributed by atoms with Gasteiger partial charge in [0.25, 0.3) is 0 Å². The average molecular weight is 303 g/mol. The number of hydrogen-bond donors (Lipinski definition) is 2. The van der Waals surface area contributed by atoms with Crippen molar-refractivity contribution in [3.63, 3.8) is 0 Å². The van der Waals surface area contributed by atoms with E-state index in [1.54, 1.807) is 6.20 Å². The molecule has 0 aromatic carbocycles. The molecular formula is C16H25N5O. The predicted molar refractivity (Wildman–Crippen MR) is 86.6 cm³/mol. The van der Waals surface area contributed by atoms with Gasteiger partial charge in [-0.2, -0.15) is 0 Å². The molecule has 1 aliphatic heterocycles. The normalized spacial score (nSPS) is 22.5. The van der Waals surface area contributed by atoms with Gasteiger partial charge < -0.3 is 20.9 Å². The Kier molecular flexibility index (Phi) is 3.95. The highest BCUT2D eigenvalue weighted by molar-refractivity contribution is 5.74. The molecule has 1 unspecified atom stereocenters. The first kappa shape index (κ1) is 15.1. The van der Waals surface area contributed by atoms with E-state index in [0.717, 1.165) is 30.8 Å². The van der Waals surface area contributed by atoms with Crippen molar-refractivity contribution < 1.29 is 4.79 Å². The van der Waals surface area contributed by atoms with Gasteiger partial charge in [-0.3, -0.25) is 4.98 Å². The molecule has 3 N–H and O–H groups in total. The summed E-state index contributed by atoms with van der Waals surface area (Å²) in [6.07, 6.45) is 5.32. The van der Waals surface area contributed by atoms with Crippen molar-refractivity contribution in [2.45, 2.75) is 31.8 Å². The highest BCUT2D eigenvalue weighted by atomic mass is 16.2. The molecule has 1 aromatic heterocycles. The first-order chi connectivity index (χ1) is 10.5. The van der Waals surface area contributed by atoms with Crippen LogP contribution in [0.4, 0.5) is 10.5 Å². The first-order valence-electron chi connectivity index (χ1n) is 7.91. The molecule has 22 heavy (non-hydrogen) atoms. The van der Waals surface area contributed by atoms with Gasteiger partial charge in [0.2, 0.25) is 0 Å². The molecule has 0 radical (unpaired) electrons. The standard InChI is InChI=1S/C16H25N5O/c1-20(2)13-4-7-18-12(8-13)9-19-15(22)21-10-14(17)16(11-21)5-3-6-16/h4,7-8,14H,3,5-6,9-11,17H2,1-2H3,(H,19,22). The van der Waals surface area contributed by atoms with Gasteiger partial charge in [-0.25, -0.2) is 4.79 Å². The van der Waals surface area contributed by atoms with Crippen molar-refractivity contribution in [3.05, 3.63) is 24.0 Å². The SMILES string of the molecule is CN(C)c1ccnc(CNC(=O)N2CC(N)C3(CCC3)C2)c1. The topological polar surface area (TPSA) is 74.5 Å². The Hall–Kier alpha value is -1.82. The molecule has 3 rings (SSSR count). The summed E-state index contributed by atoms with van der Waals surface area (Å²) in [5, 5.41) is 2.96. The summed E-state index contributed by atoms with van der Waals surface area (Å²) in [5.41, 5.74) is 8.36. The Morgan fingerprint density at radius 1 is 1.55 bits per heavy atom. The predicted octanol–water partition coefficient (Wildman–Crippen LogP) is 1.17. The van der Waals surface area contributed by atoms with Crippen molar-refractivity contribution in [2.75, 3.05) is 32.1 Å². The van der Waals surface area contributed by atoms with E-state index < -0.39 is 0 Å². The Bertz CT molecular complexity index is 555. The summed E-state index contributed by atoms with van der Waals surface area (Å²) < 4.78 is 0. The van der Waals surface area contributed by atoms with Crippen LogP contribution in [0.3, 0.4) is 0 Å². The summed E-state index contributed by atoms with van der Waals surface area (Å²) in [6, 6.07) is 4.03. The van der Waals surface area contributed by atoms with Crippen molar-refractivity contribution in [1.29, 1.82) is 0 Å². The van der Waals surface area contributed by atoms with Crippen molar-refractivity contribution in [3.8, 4) is 0 Å². The fraction of sp³-hybridized carbons (Fsp3) is 0.625. The molecular weight excluding hydrogens is 278 g/mol. The Balaban J connectivity index is 1.56. The van der Waals surface area contributed by atoms with Gasteiger partial charge in [-0.05, 0) is 25.0 Å². The second-order valence-corrected chi connectivity index (χ2v) is 6.76. The fourth-order valence-corrected chi connectivity index (χ4v) is 3.43. The van der Waals surface area contributed by atoms with Crippen molar-refractivity contribution in [1.82, 2.24) is 15.2 Å². The molecule has 1 spiro atoms. The van der Waals surface area contributed by atoms with E-state index in [-0.39, 0.29) is 17.5 Å². The van der Waals surface area contributed by atoms with E-state index in [2.05, 4.69) is 10.3 Å². The van der Waals surface area contributed by atoms with E-state index in [1.807, 2.05) is 36.0 Å². The van der Waals surface area contributed by atoms with E-state index >= 15 is 0 Å². The van der Waals surface area contributed by atoms with Crippen molar-refractivity contribution in [2.24, 2.45) is 11.1 Å². The molecule has 6 heteroatoms. The summed E-state index contributed by atoms with van der Waals surface area (Å²) in [5.74, 6) is 0. The Morgan fingerprint density at radius 2 is 2.32 bits per heavy atom. The van der Waals surface area contributed by atoms with Gasteiger partial charge in [-0.1, -0.05) is 6.42 Å². The summed E-state index contributed by atoms with van der Waals surface area (Å²) in [4.78, 5) is 20.5. The maximum absolute atomic E-state index is 12.3. The molecule has 2 amide bonds. The van der Waals surface area contributed by atoms with Crippen LogP contribution in [0.5, 0.6) is 0 Å². The molecule has 2 heterocycles. The van der Waals surface area contributed by atoms with Crippen LogP contribution in [0, 0.1) is 5.41 Å². The van der Waals surface area contributed by atoms with Gasteiger partial charge in [0, 0.05) is 50.5 Å². The van der Waals surface area contributed by atoms with Gasteiger partial charge in [0.1, 0.15) is 0 Å². The van der Waals surface area contributed by atoms with Crippen LogP contribution in [-0.2, 0) is 6.54 Å². The van der Waals surface area contributed by atoms with Crippen LogP contribution in [-0.4, -0.2) is 49.1 Å². The lowest BCUT2D eigenvalue weighted by Crippen LogP contribution is -2.45. The number of carbonyl (C=O) groups is 1. The largest absolute Gasteiger partial charge is 0.378 e. The monoisotopic (exact) mass is 303 g/mol. The number of likely N-dealkylation sites (tertiary alicyclic amines) is 1. The molecule has 1 aliphatic carbocycles. The van der Waals surface area contributed by atoms with Crippen LogP contribution in [0.15, 0.2) is 18.3 Å². The number of hydrogen-bond acceptors (Lipinski definition) is 4. The third kappa shape index (κ3) is 2.75. The highest BCUT2D eigenvalue weighted by Crippen LogP contribution is 2.47. The molecule has 0 bridgehead atoms. The fourth-order valence-electron chi connectivity index (χ4n) is 3.43. The van der Waals surface area contributed by atoms with Gasteiger partial charge >= 0.3 is 6.03 Å². The molecule has 1 aromatic rings. The molecule has 1 atom stereocenters.